The maximum Gasteiger partial charge on any atom is 0.242 e. The number of piperazine rings is 1. The van der Waals surface area contributed by atoms with Crippen molar-refractivity contribution in [2.24, 2.45) is 0 Å². The van der Waals surface area contributed by atoms with Gasteiger partial charge in [0.2, 0.25) is 5.91 Å². The van der Waals surface area contributed by atoms with Crippen LogP contribution < -0.4 is 0 Å². The molecule has 0 spiro atoms. The standard InChI is InChI=1S/C16H21N5O/c1-14-17-6-7-21(14)13-16(22)20-10-8-19(9-11-20)12-15-4-2-3-5-18-15/h2-7H,8-13H2,1H3. The van der Waals surface area contributed by atoms with Gasteiger partial charge in [-0.25, -0.2) is 4.98 Å². The van der Waals surface area contributed by atoms with Crippen LogP contribution in [0.2, 0.25) is 0 Å². The lowest BCUT2D eigenvalue weighted by atomic mass is 10.2. The van der Waals surface area contributed by atoms with E-state index in [0.29, 0.717) is 6.54 Å². The van der Waals surface area contributed by atoms with Gasteiger partial charge in [0.25, 0.3) is 0 Å². The summed E-state index contributed by atoms with van der Waals surface area (Å²) in [4.78, 5) is 25.1. The lowest BCUT2D eigenvalue weighted by molar-refractivity contribution is -0.133. The molecule has 22 heavy (non-hydrogen) atoms. The molecular weight excluding hydrogens is 278 g/mol. The SMILES string of the molecule is Cc1nccn1CC(=O)N1CCN(Cc2ccccn2)CC1. The van der Waals surface area contributed by atoms with Gasteiger partial charge in [-0.3, -0.25) is 14.7 Å². The third kappa shape index (κ3) is 3.51. The summed E-state index contributed by atoms with van der Waals surface area (Å²) in [5, 5.41) is 0. The first-order valence-corrected chi connectivity index (χ1v) is 7.60. The fourth-order valence-corrected chi connectivity index (χ4v) is 2.69. The van der Waals surface area contributed by atoms with Crippen molar-refractivity contribution in [1.29, 1.82) is 0 Å². The second-order valence-electron chi connectivity index (χ2n) is 5.58. The number of aryl methyl sites for hydroxylation is 1. The zero-order valence-electron chi connectivity index (χ0n) is 12.9. The number of rotatable bonds is 4. The Morgan fingerprint density at radius 2 is 1.95 bits per heavy atom. The van der Waals surface area contributed by atoms with Crippen molar-refractivity contribution in [2.45, 2.75) is 20.0 Å². The Bertz CT molecular complexity index is 616. The smallest absolute Gasteiger partial charge is 0.242 e. The normalized spacial score (nSPS) is 16.0. The van der Waals surface area contributed by atoms with Crippen molar-refractivity contribution in [2.75, 3.05) is 26.2 Å². The molecule has 6 nitrogen and oxygen atoms in total. The Labute approximate surface area is 130 Å². The largest absolute Gasteiger partial charge is 0.339 e. The van der Waals surface area contributed by atoms with E-state index in [9.17, 15) is 4.79 Å². The van der Waals surface area contributed by atoms with Crippen molar-refractivity contribution in [3.8, 4) is 0 Å². The zero-order chi connectivity index (χ0) is 15.4. The third-order valence-electron chi connectivity index (χ3n) is 4.07. The summed E-state index contributed by atoms with van der Waals surface area (Å²) in [6.45, 7) is 6.49. The second kappa shape index (κ2) is 6.70. The molecule has 1 fully saturated rings. The minimum absolute atomic E-state index is 0.165. The summed E-state index contributed by atoms with van der Waals surface area (Å²) < 4.78 is 1.89. The van der Waals surface area contributed by atoms with Crippen LogP contribution in [0.3, 0.4) is 0 Å². The predicted molar refractivity (Wildman–Crippen MR) is 83.1 cm³/mol. The van der Waals surface area contributed by atoms with Gasteiger partial charge in [-0.2, -0.15) is 0 Å². The van der Waals surface area contributed by atoms with Crippen LogP contribution in [0.4, 0.5) is 0 Å². The summed E-state index contributed by atoms with van der Waals surface area (Å²) in [5.41, 5.74) is 1.08. The summed E-state index contributed by atoms with van der Waals surface area (Å²) >= 11 is 0. The van der Waals surface area contributed by atoms with Gasteiger partial charge in [0.05, 0.1) is 5.69 Å². The van der Waals surface area contributed by atoms with Crippen LogP contribution in [-0.2, 0) is 17.9 Å². The Hall–Kier alpha value is -2.21. The molecular formula is C16H21N5O. The second-order valence-corrected chi connectivity index (χ2v) is 5.58. The van der Waals surface area contributed by atoms with E-state index in [0.717, 1.165) is 44.2 Å². The first-order chi connectivity index (χ1) is 10.7. The van der Waals surface area contributed by atoms with Crippen LogP contribution in [0, 0.1) is 6.92 Å². The van der Waals surface area contributed by atoms with Gasteiger partial charge < -0.3 is 9.47 Å². The quantitative estimate of drug-likeness (QED) is 0.843. The molecule has 0 saturated carbocycles. The molecule has 0 aromatic carbocycles. The first-order valence-electron chi connectivity index (χ1n) is 7.60. The third-order valence-corrected chi connectivity index (χ3v) is 4.07. The van der Waals surface area contributed by atoms with Gasteiger partial charge in [-0.05, 0) is 19.1 Å². The van der Waals surface area contributed by atoms with Crippen molar-refractivity contribution < 1.29 is 4.79 Å². The van der Waals surface area contributed by atoms with Gasteiger partial charge >= 0.3 is 0 Å². The van der Waals surface area contributed by atoms with Crippen LogP contribution in [0.5, 0.6) is 0 Å². The van der Waals surface area contributed by atoms with E-state index >= 15 is 0 Å². The van der Waals surface area contributed by atoms with E-state index in [-0.39, 0.29) is 5.91 Å². The van der Waals surface area contributed by atoms with Crippen LogP contribution in [0.25, 0.3) is 0 Å². The number of hydrogen-bond donors (Lipinski definition) is 0. The Balaban J connectivity index is 1.49. The molecule has 1 aliphatic heterocycles. The number of carbonyl (C=O) groups excluding carboxylic acids is 1. The molecule has 1 saturated heterocycles. The Morgan fingerprint density at radius 1 is 1.14 bits per heavy atom. The van der Waals surface area contributed by atoms with E-state index in [4.69, 9.17) is 0 Å². The maximum absolute atomic E-state index is 12.3. The van der Waals surface area contributed by atoms with Crippen molar-refractivity contribution in [1.82, 2.24) is 24.3 Å². The fraction of sp³-hybridized carbons (Fsp3) is 0.438. The Kier molecular flexibility index (Phi) is 4.48. The summed E-state index contributed by atoms with van der Waals surface area (Å²) in [6, 6.07) is 5.98. The summed E-state index contributed by atoms with van der Waals surface area (Å²) in [5.74, 6) is 1.04. The van der Waals surface area contributed by atoms with Crippen molar-refractivity contribution in [3.63, 3.8) is 0 Å². The number of nitrogens with zero attached hydrogens (tertiary/aromatic N) is 5. The highest BCUT2D eigenvalue weighted by molar-refractivity contribution is 5.76. The number of carbonyl (C=O) groups is 1. The highest BCUT2D eigenvalue weighted by atomic mass is 16.2. The van der Waals surface area contributed by atoms with E-state index in [1.165, 1.54) is 0 Å². The van der Waals surface area contributed by atoms with Crippen LogP contribution in [0.1, 0.15) is 11.5 Å². The minimum Gasteiger partial charge on any atom is -0.339 e. The fourth-order valence-electron chi connectivity index (χ4n) is 2.69. The molecule has 0 N–H and O–H groups in total. The van der Waals surface area contributed by atoms with Gasteiger partial charge in [0.15, 0.2) is 0 Å². The molecule has 0 atom stereocenters. The summed E-state index contributed by atoms with van der Waals surface area (Å²) in [6.07, 6.45) is 5.40. The molecule has 1 aliphatic rings. The van der Waals surface area contributed by atoms with E-state index < -0.39 is 0 Å². The number of imidazole rings is 1. The number of amides is 1. The molecule has 3 rings (SSSR count). The topological polar surface area (TPSA) is 54.3 Å². The molecule has 116 valence electrons. The molecule has 0 unspecified atom stereocenters. The van der Waals surface area contributed by atoms with E-state index in [1.54, 1.807) is 6.20 Å². The minimum atomic E-state index is 0.165. The van der Waals surface area contributed by atoms with Gasteiger partial charge in [-0.1, -0.05) is 6.07 Å². The van der Waals surface area contributed by atoms with Crippen LogP contribution in [0.15, 0.2) is 36.8 Å². The van der Waals surface area contributed by atoms with E-state index in [1.807, 2.05) is 47.0 Å². The molecule has 0 bridgehead atoms. The molecule has 1 amide bonds. The van der Waals surface area contributed by atoms with Gasteiger partial charge in [0, 0.05) is 51.3 Å². The van der Waals surface area contributed by atoms with Crippen molar-refractivity contribution in [3.05, 3.63) is 48.3 Å². The number of pyridine rings is 1. The molecule has 6 heteroatoms. The maximum atomic E-state index is 12.3. The lowest BCUT2D eigenvalue weighted by Crippen LogP contribution is -2.49. The zero-order valence-corrected chi connectivity index (χ0v) is 12.9. The highest BCUT2D eigenvalue weighted by Crippen LogP contribution is 2.08. The average molecular weight is 299 g/mol. The predicted octanol–water partition coefficient (Wildman–Crippen LogP) is 0.931. The molecule has 0 aliphatic carbocycles. The molecule has 2 aromatic rings. The van der Waals surface area contributed by atoms with Crippen molar-refractivity contribution >= 4 is 5.91 Å². The first kappa shape index (κ1) is 14.7. The van der Waals surface area contributed by atoms with Gasteiger partial charge in [-0.15, -0.1) is 0 Å². The highest BCUT2D eigenvalue weighted by Gasteiger charge is 2.21. The van der Waals surface area contributed by atoms with Crippen LogP contribution >= 0.6 is 0 Å². The monoisotopic (exact) mass is 299 g/mol. The lowest BCUT2D eigenvalue weighted by Gasteiger charge is -2.34. The molecule has 0 radical (unpaired) electrons. The average Bonchev–Trinajstić information content (AvgIpc) is 2.94. The van der Waals surface area contributed by atoms with E-state index in [2.05, 4.69) is 14.9 Å². The number of aromatic nitrogens is 3. The Morgan fingerprint density at radius 3 is 2.59 bits per heavy atom. The number of hydrogen-bond acceptors (Lipinski definition) is 4. The van der Waals surface area contributed by atoms with Crippen LogP contribution in [-0.4, -0.2) is 56.4 Å². The molecule has 2 aromatic heterocycles. The molecule has 3 heterocycles. The summed E-state index contributed by atoms with van der Waals surface area (Å²) in [7, 11) is 0. The van der Waals surface area contributed by atoms with Gasteiger partial charge in [0.1, 0.15) is 12.4 Å².